The quantitative estimate of drug-likeness (QED) is 0.0406. The van der Waals surface area contributed by atoms with Crippen molar-refractivity contribution in [2.45, 2.75) is 38.5 Å². The molecule has 32 atom stereocenters. The maximum atomic E-state index is 3.69. The second kappa shape index (κ2) is 50.6. The van der Waals surface area contributed by atoms with E-state index >= 15 is 0 Å². The number of hydrogen-bond donors (Lipinski definition) is 0. The van der Waals surface area contributed by atoms with E-state index in [1.54, 1.807) is 0 Å². The fourth-order valence-corrected chi connectivity index (χ4v) is 805. The van der Waals surface area contributed by atoms with Crippen LogP contribution in [0.3, 0.4) is 0 Å². The van der Waals surface area contributed by atoms with E-state index in [0.29, 0.717) is 0 Å². The van der Waals surface area contributed by atoms with Gasteiger partial charge in [0.2, 0.25) is 0 Å². The van der Waals surface area contributed by atoms with Gasteiger partial charge in [-0.15, -0.1) is 270 Å². The van der Waals surface area contributed by atoms with Gasteiger partial charge >= 0.3 is 0 Å². The highest BCUT2D eigenvalue weighted by atomic mass is 33.6. The zero-order chi connectivity index (χ0) is 78.4. The van der Waals surface area contributed by atoms with Crippen LogP contribution in [0.5, 0.6) is 0 Å². The number of fused-ring (bicyclic) bond motifs is 9. The predicted octanol–water partition coefficient (Wildman–Crippen LogP) is 46.5. The van der Waals surface area contributed by atoms with Crippen molar-refractivity contribution in [2.75, 3.05) is 4.90 Å². The summed E-state index contributed by atoms with van der Waals surface area (Å²) in [6.45, 7) is 3.88. The molecule has 2 aliphatic carbocycles. The van der Waals surface area contributed by atoms with E-state index in [-0.39, 0.29) is 199 Å². The maximum absolute atomic E-state index is 3.69. The Morgan fingerprint density at radius 3 is 0.887 bits per heavy atom. The average Bonchev–Trinajstić information content (AvgIpc) is 1.11. The molecular formula is C48H95NP56S. The molecule has 0 radical (unpaired) electrons. The summed E-state index contributed by atoms with van der Waals surface area (Å²) in [5, 5.41) is 2.64. The summed E-state index contributed by atoms with van der Waals surface area (Å²) < 4.78 is 2.65. The maximum Gasteiger partial charge on any atom is 0.0540 e. The normalized spacial score (nSPS) is 15.4. The number of hydrogen-bond acceptors (Lipinski definition) is 2. The minimum absolute atomic E-state index is 0.0487. The van der Waals surface area contributed by atoms with Gasteiger partial charge in [-0.2, -0.15) is 0 Å². The van der Waals surface area contributed by atoms with Crippen LogP contribution in [0.15, 0.2) is 152 Å². The highest BCUT2D eigenvalue weighted by Crippen LogP contribution is 3.47. The Hall–Kier alpha value is 18.6. The highest BCUT2D eigenvalue weighted by molar-refractivity contribution is 9.53. The first kappa shape index (κ1) is 108. The predicted molar refractivity (Wildman–Crippen MR) is 683 cm³/mol. The van der Waals surface area contributed by atoms with E-state index in [4.69, 9.17) is 0 Å². The zero-order valence-corrected chi connectivity index (χ0v) is 116. The molecule has 1 aromatic heterocycles. The zero-order valence-electron chi connectivity index (χ0n) is 57.6. The SMILES string of the molecule is CC1(C)c2ccccc2-c2cc(N(c3ccc4c(c3)-c3ccccc3C4(C)C)c3ccccc3-c3cccc4c3sc3ccccc34)ccc21.PP(P)P(P)P(P(P)P)P(P(P(P(P)P)P(P)P)P(P(P)P)P(P)P)P(P(P(P(P)P)P(P)P)P(P(P)P)P(P)P)P(P(P(P)P)P(P)P)P(P(P)P)P(P)P. The summed E-state index contributed by atoms with van der Waals surface area (Å²) >= 11 is 1.89. The van der Waals surface area contributed by atoms with E-state index in [0.717, 1.165) is 11.4 Å². The van der Waals surface area contributed by atoms with Crippen molar-refractivity contribution in [1.29, 1.82) is 0 Å². The number of thiophene rings is 1. The van der Waals surface area contributed by atoms with Gasteiger partial charge in [0, 0.05) is 53.5 Å². The molecule has 0 aliphatic heterocycles. The van der Waals surface area contributed by atoms with Gasteiger partial charge in [0.25, 0.3) is 0 Å². The lowest BCUT2D eigenvalue weighted by atomic mass is 9.82. The molecule has 0 fully saturated rings. The Labute approximate surface area is 737 Å². The third kappa shape index (κ3) is 26.3. The minimum Gasteiger partial charge on any atom is -0.310 e. The molecule has 0 spiro atoms. The van der Waals surface area contributed by atoms with Gasteiger partial charge in [0.1, 0.15) is 0 Å². The largest absolute Gasteiger partial charge is 0.310 e. The van der Waals surface area contributed by atoms with Crippen LogP contribution in [0.2, 0.25) is 0 Å². The Morgan fingerprint density at radius 2 is 0.528 bits per heavy atom. The van der Waals surface area contributed by atoms with Crippen molar-refractivity contribution in [3.63, 3.8) is 0 Å². The molecular weight excluding hydrogens is 2360 g/mol. The van der Waals surface area contributed by atoms with Crippen molar-refractivity contribution in [3.8, 4) is 33.4 Å². The van der Waals surface area contributed by atoms with Crippen molar-refractivity contribution < 1.29 is 0 Å². The summed E-state index contributed by atoms with van der Waals surface area (Å²) in [5.41, 5.74) is 16.8. The van der Waals surface area contributed by atoms with Gasteiger partial charge < -0.3 is 4.90 Å². The lowest BCUT2D eigenvalue weighted by Crippen LogP contribution is -2.16. The number of para-hydroxylation sites is 1. The van der Waals surface area contributed by atoms with Gasteiger partial charge in [0.15, 0.2) is 0 Å². The first-order valence-corrected chi connectivity index (χ1v) is 133. The molecule has 0 N–H and O–H groups in total. The summed E-state index contributed by atoms with van der Waals surface area (Å²) in [4.78, 5) is 2.50. The number of rotatable bonds is 30. The lowest BCUT2D eigenvalue weighted by Gasteiger charge is -2.59. The Balaban J connectivity index is 0.000000246. The van der Waals surface area contributed by atoms with Crippen LogP contribution >= 0.6 is 459 Å². The van der Waals surface area contributed by atoms with Crippen molar-refractivity contribution in [3.05, 3.63) is 174 Å². The number of anilines is 3. The Bertz CT molecular complexity index is 3990. The fraction of sp³-hybridized carbons (Fsp3) is 0.125. The van der Waals surface area contributed by atoms with Crippen LogP contribution in [0.1, 0.15) is 49.9 Å². The molecule has 2 aliphatic rings. The van der Waals surface area contributed by atoms with E-state index in [9.17, 15) is 0 Å². The van der Waals surface area contributed by atoms with E-state index in [1.165, 1.54) is 81.5 Å². The topological polar surface area (TPSA) is 3.24 Å². The van der Waals surface area contributed by atoms with Crippen LogP contribution in [-0.2, 0) is 10.8 Å². The van der Waals surface area contributed by atoms with Crippen LogP contribution in [0.25, 0.3) is 53.6 Å². The first-order valence-electron chi connectivity index (χ1n) is 30.3. The lowest BCUT2D eigenvalue weighted by molar-refractivity contribution is 0.660. The first-order chi connectivity index (χ1) is 49.7. The molecule has 578 valence electrons. The molecule has 58 heteroatoms. The number of nitrogens with zero attached hydrogens (tertiary/aromatic N) is 1. The van der Waals surface area contributed by atoms with Crippen LogP contribution in [0, 0.1) is 0 Å². The average molecular weight is 2450 g/mol. The van der Waals surface area contributed by atoms with E-state index in [1.807, 2.05) is 11.3 Å². The molecule has 0 saturated heterocycles. The molecule has 7 aromatic carbocycles. The van der Waals surface area contributed by atoms with Crippen LogP contribution in [-0.4, -0.2) is 0 Å². The summed E-state index contributed by atoms with van der Waals surface area (Å²) in [6, 6.07) is 56.8. The summed E-state index contributed by atoms with van der Waals surface area (Å²) in [7, 11) is 102. The van der Waals surface area contributed by atoms with Crippen molar-refractivity contribution in [1.82, 2.24) is 0 Å². The highest BCUT2D eigenvalue weighted by Gasteiger charge is 2.60. The molecule has 1 nitrogen and oxygen atoms in total. The van der Waals surface area contributed by atoms with Crippen LogP contribution in [0.4, 0.5) is 17.1 Å². The molecule has 1 heterocycles. The number of benzene rings is 7. The molecule has 10 rings (SSSR count). The van der Waals surface area contributed by atoms with Gasteiger partial charge in [0.05, 0.1) is 5.69 Å². The minimum atomic E-state index is -0.255. The summed E-state index contributed by atoms with van der Waals surface area (Å²) in [5.74, 6) is 0. The Morgan fingerprint density at radius 1 is 0.245 bits per heavy atom. The standard InChI is InChI=1S/C48H37NS.H58P56/c1-47(2)40-20-9-5-14-32(40)38-28-30(24-26-42(38)47)49(31-25-27-43-39(29-31)33-15-6-10-21-41(33)48(43,3)4)44-22-11-7-16-34(44)36-18-13-19-37-35-17-8-12-23-45(35)50-46(36)37;1-30(2)44(29)51(43(27)28)55(52(45(31(3)4)32(5)6)46(33(7)8)34(9)10)56(53(47(35(11)12)36(13)14)48(37(15)16)38(17)18)54(49(39(19)20)40(21)22)50(41(23)24)42(25)26/h5-29H,1-4H3;1-29H2. The molecule has 0 amide bonds. The van der Waals surface area contributed by atoms with Gasteiger partial charge in [-0.05, 0) is 270 Å². The Kier molecular flexibility index (Phi) is 51.7. The van der Waals surface area contributed by atoms with E-state index in [2.05, 4.69) is 443 Å². The molecule has 8 aromatic rings. The third-order valence-corrected chi connectivity index (χ3v) is 407. The molecule has 0 saturated carbocycles. The van der Waals surface area contributed by atoms with E-state index < -0.39 is 0 Å². The second-order valence-corrected chi connectivity index (χ2v) is 255. The second-order valence-electron chi connectivity index (χ2n) is 23.8. The van der Waals surface area contributed by atoms with Crippen molar-refractivity contribution in [2.24, 2.45) is 0 Å². The van der Waals surface area contributed by atoms with Gasteiger partial charge in [-0.3, -0.25) is 0 Å². The molecule has 106 heavy (non-hydrogen) atoms. The summed E-state index contributed by atoms with van der Waals surface area (Å²) in [6.07, 6.45) is 0. The van der Waals surface area contributed by atoms with Crippen LogP contribution < -0.4 is 4.90 Å². The van der Waals surface area contributed by atoms with Crippen molar-refractivity contribution >= 4 is 496 Å². The smallest absolute Gasteiger partial charge is 0.0540 e. The molecule has 0 bridgehead atoms. The van der Waals surface area contributed by atoms with Gasteiger partial charge in [-0.25, -0.2) is 0 Å². The fourth-order valence-electron chi connectivity index (χ4n) is 12.2. The monoisotopic (exact) mass is 2450 g/mol. The van der Waals surface area contributed by atoms with Gasteiger partial charge in [-0.1, -0.05) is 143 Å². The third-order valence-electron chi connectivity index (χ3n) is 16.4. The molecule has 32 unspecified atom stereocenters.